The molecule has 0 atom stereocenters. The van der Waals surface area contributed by atoms with Gasteiger partial charge in [-0.2, -0.15) is 0 Å². The molecule has 0 saturated carbocycles. The summed E-state index contributed by atoms with van der Waals surface area (Å²) in [6.07, 6.45) is 5.25. The highest BCUT2D eigenvalue weighted by Crippen LogP contribution is 2.20. The molecule has 1 aromatic carbocycles. The van der Waals surface area contributed by atoms with Gasteiger partial charge in [-0.15, -0.1) is 0 Å². The van der Waals surface area contributed by atoms with Crippen molar-refractivity contribution < 1.29 is 14.3 Å². The van der Waals surface area contributed by atoms with Crippen LogP contribution in [0, 0.1) is 0 Å². The number of halogens is 1. The Bertz CT molecular complexity index is 486. The van der Waals surface area contributed by atoms with Gasteiger partial charge < -0.3 is 10.1 Å². The monoisotopic (exact) mass is 339 g/mol. The molecule has 1 amide bonds. The summed E-state index contributed by atoms with van der Waals surface area (Å²) in [5.41, 5.74) is 0.651. The third-order valence-corrected chi connectivity index (χ3v) is 3.19. The summed E-state index contributed by atoms with van der Waals surface area (Å²) in [6.45, 7) is 2.47. The first kappa shape index (κ1) is 16.4. The van der Waals surface area contributed by atoms with E-state index < -0.39 is 5.97 Å². The molecule has 0 aliphatic carbocycles. The number of anilines is 1. The number of carbonyl (C=O) groups excluding carboxylic acids is 2. The van der Waals surface area contributed by atoms with Crippen LogP contribution in [-0.4, -0.2) is 18.5 Å². The Labute approximate surface area is 127 Å². The Kier molecular flexibility index (Phi) is 7.65. The van der Waals surface area contributed by atoms with Crippen molar-refractivity contribution in [3.8, 4) is 0 Å². The number of hydrogen-bond donors (Lipinski definition) is 1. The van der Waals surface area contributed by atoms with E-state index in [0.717, 1.165) is 29.8 Å². The third-order valence-electron chi connectivity index (χ3n) is 2.49. The molecule has 0 aromatic heterocycles. The first-order chi connectivity index (χ1) is 9.63. The van der Waals surface area contributed by atoms with Crippen molar-refractivity contribution in [2.24, 2.45) is 0 Å². The fourth-order valence-electron chi connectivity index (χ4n) is 1.45. The minimum Gasteiger partial charge on any atom is -0.463 e. The Balaban J connectivity index is 2.36. The molecule has 0 spiro atoms. The summed E-state index contributed by atoms with van der Waals surface area (Å²) < 4.78 is 5.73. The van der Waals surface area contributed by atoms with Crippen LogP contribution in [0.5, 0.6) is 0 Å². The lowest BCUT2D eigenvalue weighted by molar-refractivity contribution is -0.138. The van der Waals surface area contributed by atoms with E-state index in [1.54, 1.807) is 6.07 Å². The van der Waals surface area contributed by atoms with E-state index in [4.69, 9.17) is 4.74 Å². The number of nitrogens with one attached hydrogen (secondary N) is 1. The first-order valence-electron chi connectivity index (χ1n) is 6.54. The standard InChI is InChI=1S/C15H18BrNO3/c1-2-3-6-11-20-15(19)10-9-14(18)17-13-8-5-4-7-12(13)16/h4-5,7-10H,2-3,6,11H2,1H3,(H,17,18)/b10-9+. The van der Waals surface area contributed by atoms with E-state index in [9.17, 15) is 9.59 Å². The largest absolute Gasteiger partial charge is 0.463 e. The van der Waals surface area contributed by atoms with Gasteiger partial charge in [0.05, 0.1) is 12.3 Å². The van der Waals surface area contributed by atoms with Crippen molar-refractivity contribution in [1.29, 1.82) is 0 Å². The lowest BCUT2D eigenvalue weighted by atomic mass is 10.3. The summed E-state index contributed by atoms with van der Waals surface area (Å²) in [5, 5.41) is 2.66. The molecule has 1 aromatic rings. The van der Waals surface area contributed by atoms with Crippen molar-refractivity contribution in [2.45, 2.75) is 26.2 Å². The number of hydrogen-bond acceptors (Lipinski definition) is 3. The number of carbonyl (C=O) groups is 2. The highest BCUT2D eigenvalue weighted by molar-refractivity contribution is 9.10. The van der Waals surface area contributed by atoms with Crippen molar-refractivity contribution in [2.75, 3.05) is 11.9 Å². The number of benzene rings is 1. The van der Waals surface area contributed by atoms with Gasteiger partial charge in [0.25, 0.3) is 0 Å². The normalized spacial score (nSPS) is 10.5. The van der Waals surface area contributed by atoms with Crippen molar-refractivity contribution >= 4 is 33.5 Å². The fourth-order valence-corrected chi connectivity index (χ4v) is 1.84. The fraction of sp³-hybridized carbons (Fsp3) is 0.333. The molecular formula is C15H18BrNO3. The predicted octanol–water partition coefficient (Wildman–Crippen LogP) is 3.68. The molecule has 1 N–H and O–H groups in total. The quantitative estimate of drug-likeness (QED) is 0.468. The Morgan fingerprint density at radius 1 is 1.25 bits per heavy atom. The summed E-state index contributed by atoms with van der Waals surface area (Å²) in [7, 11) is 0. The summed E-state index contributed by atoms with van der Waals surface area (Å²) in [5.74, 6) is -0.870. The second-order valence-electron chi connectivity index (χ2n) is 4.18. The number of amides is 1. The van der Waals surface area contributed by atoms with Gasteiger partial charge in [0.2, 0.25) is 5.91 Å². The topological polar surface area (TPSA) is 55.4 Å². The van der Waals surface area contributed by atoms with Crippen LogP contribution in [0.4, 0.5) is 5.69 Å². The molecule has 0 fully saturated rings. The number of para-hydroxylation sites is 1. The highest BCUT2D eigenvalue weighted by atomic mass is 79.9. The van der Waals surface area contributed by atoms with Gasteiger partial charge in [-0.3, -0.25) is 4.79 Å². The first-order valence-corrected chi connectivity index (χ1v) is 7.33. The van der Waals surface area contributed by atoms with Crippen LogP contribution >= 0.6 is 15.9 Å². The average molecular weight is 340 g/mol. The van der Waals surface area contributed by atoms with Crippen LogP contribution in [0.25, 0.3) is 0 Å². The average Bonchev–Trinajstić information content (AvgIpc) is 2.44. The minimum absolute atomic E-state index is 0.373. The SMILES string of the molecule is CCCCCOC(=O)/C=C/C(=O)Nc1ccccc1Br. The van der Waals surface area contributed by atoms with E-state index in [1.165, 1.54) is 6.08 Å². The van der Waals surface area contributed by atoms with Crippen molar-refractivity contribution in [1.82, 2.24) is 0 Å². The van der Waals surface area contributed by atoms with Crippen LogP contribution in [0.3, 0.4) is 0 Å². The molecule has 0 aliphatic rings. The molecule has 0 radical (unpaired) electrons. The number of esters is 1. The van der Waals surface area contributed by atoms with Crippen LogP contribution in [0.1, 0.15) is 26.2 Å². The molecule has 0 saturated heterocycles. The van der Waals surface area contributed by atoms with Crippen LogP contribution < -0.4 is 5.32 Å². The van der Waals surface area contributed by atoms with E-state index in [0.29, 0.717) is 12.3 Å². The molecule has 108 valence electrons. The van der Waals surface area contributed by atoms with E-state index >= 15 is 0 Å². The van der Waals surface area contributed by atoms with Crippen molar-refractivity contribution in [3.05, 3.63) is 40.9 Å². The molecule has 5 heteroatoms. The Morgan fingerprint density at radius 2 is 2.00 bits per heavy atom. The summed E-state index contributed by atoms with van der Waals surface area (Å²) in [4.78, 5) is 23.0. The molecule has 0 unspecified atom stereocenters. The van der Waals surface area contributed by atoms with Gasteiger partial charge in [0.1, 0.15) is 0 Å². The molecule has 20 heavy (non-hydrogen) atoms. The van der Waals surface area contributed by atoms with Crippen molar-refractivity contribution in [3.63, 3.8) is 0 Å². The zero-order valence-corrected chi connectivity index (χ0v) is 13.0. The van der Waals surface area contributed by atoms with E-state index in [2.05, 4.69) is 28.2 Å². The summed E-state index contributed by atoms with van der Waals surface area (Å²) >= 11 is 3.32. The Hall–Kier alpha value is -1.62. The minimum atomic E-state index is -0.497. The molecule has 4 nitrogen and oxygen atoms in total. The zero-order chi connectivity index (χ0) is 14.8. The lowest BCUT2D eigenvalue weighted by Crippen LogP contribution is -2.10. The third kappa shape index (κ3) is 6.52. The molecule has 1 rings (SSSR count). The zero-order valence-electron chi connectivity index (χ0n) is 11.4. The molecular weight excluding hydrogens is 322 g/mol. The maximum absolute atomic E-state index is 11.6. The van der Waals surface area contributed by atoms with Gasteiger partial charge in [0, 0.05) is 16.6 Å². The second kappa shape index (κ2) is 9.31. The maximum Gasteiger partial charge on any atom is 0.330 e. The number of ether oxygens (including phenoxy) is 1. The second-order valence-corrected chi connectivity index (χ2v) is 5.03. The van der Waals surface area contributed by atoms with Crippen LogP contribution in [0.2, 0.25) is 0 Å². The van der Waals surface area contributed by atoms with Gasteiger partial charge in [-0.05, 0) is 34.5 Å². The highest BCUT2D eigenvalue weighted by Gasteiger charge is 2.03. The lowest BCUT2D eigenvalue weighted by Gasteiger charge is -2.04. The predicted molar refractivity (Wildman–Crippen MR) is 82.4 cm³/mol. The smallest absolute Gasteiger partial charge is 0.330 e. The molecule has 0 aliphatic heterocycles. The van der Waals surface area contributed by atoms with E-state index in [-0.39, 0.29) is 5.91 Å². The van der Waals surface area contributed by atoms with Crippen LogP contribution in [-0.2, 0) is 14.3 Å². The summed E-state index contributed by atoms with van der Waals surface area (Å²) in [6, 6.07) is 7.25. The number of unbranched alkanes of at least 4 members (excludes halogenated alkanes) is 2. The van der Waals surface area contributed by atoms with Crippen LogP contribution in [0.15, 0.2) is 40.9 Å². The van der Waals surface area contributed by atoms with Gasteiger partial charge in [-0.25, -0.2) is 4.79 Å². The Morgan fingerprint density at radius 3 is 2.70 bits per heavy atom. The molecule has 0 bridgehead atoms. The van der Waals surface area contributed by atoms with Gasteiger partial charge >= 0.3 is 5.97 Å². The maximum atomic E-state index is 11.6. The number of rotatable bonds is 7. The van der Waals surface area contributed by atoms with E-state index in [1.807, 2.05) is 18.2 Å². The molecule has 0 heterocycles. The van der Waals surface area contributed by atoms with Gasteiger partial charge in [0.15, 0.2) is 0 Å². The van der Waals surface area contributed by atoms with Gasteiger partial charge in [-0.1, -0.05) is 31.9 Å².